The minimum Gasteiger partial charge on any atom is -0.382 e. The first-order valence-electron chi connectivity index (χ1n) is 4.29. The minimum absolute atomic E-state index is 0.181. The van der Waals surface area contributed by atoms with Gasteiger partial charge in [-0.25, -0.2) is 4.98 Å². The summed E-state index contributed by atoms with van der Waals surface area (Å²) < 4.78 is 25.5. The normalized spacial score (nSPS) is 10.1. The number of nitrogens with zero attached hydrogens (tertiary/aromatic N) is 1. The summed E-state index contributed by atoms with van der Waals surface area (Å²) in [7, 11) is 0. The van der Waals surface area contributed by atoms with Gasteiger partial charge in [-0.2, -0.15) is 8.78 Å². The number of halogens is 2. The molecule has 0 radical (unpaired) electrons. The number of rotatable bonds is 4. The lowest BCUT2D eigenvalue weighted by Gasteiger charge is -2.05. The lowest BCUT2D eigenvalue weighted by Crippen LogP contribution is -2.04. The molecule has 1 rings (SSSR count). The molecular weight excluding hydrogens is 174 g/mol. The first kappa shape index (κ1) is 9.89. The zero-order chi connectivity index (χ0) is 9.68. The number of pyridine rings is 1. The van der Waals surface area contributed by atoms with Gasteiger partial charge in [0.05, 0.1) is 5.69 Å². The van der Waals surface area contributed by atoms with Crippen molar-refractivity contribution in [2.75, 3.05) is 11.9 Å². The first-order chi connectivity index (χ1) is 6.25. The second-order valence-electron chi connectivity index (χ2n) is 2.74. The minimum atomic E-state index is -1.05. The third-order valence-electron chi connectivity index (χ3n) is 1.69. The summed E-state index contributed by atoms with van der Waals surface area (Å²) in [5.74, 6) is -1.96. The van der Waals surface area contributed by atoms with E-state index >= 15 is 0 Å². The maximum Gasteiger partial charge on any atom is 0.251 e. The maximum absolute atomic E-state index is 12.9. The number of hydrogen-bond donors (Lipinski definition) is 1. The fraction of sp³-hybridized carbons (Fsp3) is 0.444. The average Bonchev–Trinajstić information content (AvgIpc) is 2.13. The van der Waals surface area contributed by atoms with Crippen molar-refractivity contribution in [3.63, 3.8) is 0 Å². The van der Waals surface area contributed by atoms with Crippen LogP contribution in [0.3, 0.4) is 0 Å². The molecule has 0 fully saturated rings. The molecule has 72 valence electrons. The highest BCUT2D eigenvalue weighted by molar-refractivity contribution is 5.42. The second-order valence-corrected chi connectivity index (χ2v) is 2.74. The predicted molar refractivity (Wildman–Crippen MR) is 47.6 cm³/mol. The molecule has 0 saturated heterocycles. The second kappa shape index (κ2) is 4.74. The van der Waals surface area contributed by atoms with E-state index in [0.717, 1.165) is 12.8 Å². The predicted octanol–water partition coefficient (Wildman–Crippen LogP) is 2.57. The van der Waals surface area contributed by atoms with Gasteiger partial charge in [-0.15, -0.1) is 0 Å². The molecule has 1 N–H and O–H groups in total. The van der Waals surface area contributed by atoms with Crippen molar-refractivity contribution in [3.05, 3.63) is 24.0 Å². The molecule has 4 heteroatoms. The van der Waals surface area contributed by atoms with Gasteiger partial charge in [-0.1, -0.05) is 13.3 Å². The zero-order valence-electron chi connectivity index (χ0n) is 7.48. The Morgan fingerprint density at radius 1 is 1.46 bits per heavy atom. The van der Waals surface area contributed by atoms with Gasteiger partial charge in [0.15, 0.2) is 0 Å². The van der Waals surface area contributed by atoms with Gasteiger partial charge in [0.1, 0.15) is 0 Å². The number of nitrogens with one attached hydrogen (secondary N) is 1. The van der Waals surface area contributed by atoms with Gasteiger partial charge < -0.3 is 5.32 Å². The molecule has 1 heterocycles. The zero-order valence-corrected chi connectivity index (χ0v) is 7.48. The Labute approximate surface area is 76.0 Å². The van der Waals surface area contributed by atoms with E-state index < -0.39 is 11.8 Å². The van der Waals surface area contributed by atoms with Crippen LogP contribution in [-0.2, 0) is 0 Å². The van der Waals surface area contributed by atoms with Crippen LogP contribution in [0.1, 0.15) is 19.8 Å². The summed E-state index contributed by atoms with van der Waals surface area (Å²) in [4.78, 5) is 3.19. The summed E-state index contributed by atoms with van der Waals surface area (Å²) in [6.45, 7) is 2.68. The lowest BCUT2D eigenvalue weighted by atomic mass is 10.3. The number of hydrogen-bond acceptors (Lipinski definition) is 2. The van der Waals surface area contributed by atoms with Gasteiger partial charge in [-0.05, 0) is 12.5 Å². The third-order valence-corrected chi connectivity index (χ3v) is 1.69. The van der Waals surface area contributed by atoms with E-state index in [1.54, 1.807) is 0 Å². The average molecular weight is 186 g/mol. The third kappa shape index (κ3) is 2.65. The van der Waals surface area contributed by atoms with Crippen molar-refractivity contribution in [2.45, 2.75) is 19.8 Å². The van der Waals surface area contributed by atoms with Crippen molar-refractivity contribution in [1.82, 2.24) is 4.98 Å². The Balaban J connectivity index is 2.61. The molecule has 1 aromatic rings. The summed E-state index contributed by atoms with van der Waals surface area (Å²) in [5, 5.41) is 2.80. The van der Waals surface area contributed by atoms with Crippen LogP contribution >= 0.6 is 0 Å². The van der Waals surface area contributed by atoms with Crippen molar-refractivity contribution in [2.24, 2.45) is 0 Å². The molecule has 0 saturated carbocycles. The molecule has 0 aliphatic heterocycles. The van der Waals surface area contributed by atoms with Gasteiger partial charge in [0.25, 0.3) is 5.95 Å². The standard InChI is InChI=1S/C9H12F2N2/c1-2-3-5-12-7-4-6-13-9(11)8(7)10/h4,6H,2-3,5H2,1H3,(H,12,13). The molecule has 1 aromatic heterocycles. The Kier molecular flexibility index (Phi) is 3.61. The highest BCUT2D eigenvalue weighted by Gasteiger charge is 2.07. The van der Waals surface area contributed by atoms with Crippen molar-refractivity contribution in [3.8, 4) is 0 Å². The Morgan fingerprint density at radius 3 is 2.92 bits per heavy atom. The molecule has 0 spiro atoms. The molecule has 0 unspecified atom stereocenters. The quantitative estimate of drug-likeness (QED) is 0.577. The highest BCUT2D eigenvalue weighted by Crippen LogP contribution is 2.14. The monoisotopic (exact) mass is 186 g/mol. The van der Waals surface area contributed by atoms with E-state index in [9.17, 15) is 8.78 Å². The topological polar surface area (TPSA) is 24.9 Å². The van der Waals surface area contributed by atoms with Gasteiger partial charge >= 0.3 is 0 Å². The fourth-order valence-electron chi connectivity index (χ4n) is 0.955. The fourth-order valence-corrected chi connectivity index (χ4v) is 0.955. The van der Waals surface area contributed by atoms with E-state index in [4.69, 9.17) is 0 Å². The summed E-state index contributed by atoms with van der Waals surface area (Å²) >= 11 is 0. The van der Waals surface area contributed by atoms with Crippen LogP contribution in [0.15, 0.2) is 12.3 Å². The number of anilines is 1. The first-order valence-corrected chi connectivity index (χ1v) is 4.29. The van der Waals surface area contributed by atoms with Crippen LogP contribution in [0.2, 0.25) is 0 Å². The molecule has 0 bridgehead atoms. The van der Waals surface area contributed by atoms with E-state index in [1.807, 2.05) is 6.92 Å². The molecule has 0 aromatic carbocycles. The Hall–Kier alpha value is -1.19. The SMILES string of the molecule is CCCCNc1ccnc(F)c1F. The molecule has 13 heavy (non-hydrogen) atoms. The molecular formula is C9H12F2N2. The van der Waals surface area contributed by atoms with E-state index in [0.29, 0.717) is 6.54 Å². The van der Waals surface area contributed by atoms with Crippen LogP contribution in [0.4, 0.5) is 14.5 Å². The van der Waals surface area contributed by atoms with Crippen LogP contribution in [0, 0.1) is 11.8 Å². The molecule has 0 aliphatic rings. The summed E-state index contributed by atoms with van der Waals surface area (Å²) in [5.41, 5.74) is 0.181. The highest BCUT2D eigenvalue weighted by atomic mass is 19.2. The van der Waals surface area contributed by atoms with Crippen molar-refractivity contribution in [1.29, 1.82) is 0 Å². The molecule has 0 amide bonds. The van der Waals surface area contributed by atoms with Gasteiger partial charge in [0.2, 0.25) is 5.82 Å². The van der Waals surface area contributed by atoms with E-state index in [2.05, 4.69) is 10.3 Å². The summed E-state index contributed by atoms with van der Waals surface area (Å²) in [6.07, 6.45) is 3.19. The maximum atomic E-state index is 12.9. The number of unbranched alkanes of at least 4 members (excludes halogenated alkanes) is 1. The van der Waals surface area contributed by atoms with Crippen molar-refractivity contribution < 1.29 is 8.78 Å². The van der Waals surface area contributed by atoms with Crippen LogP contribution in [0.25, 0.3) is 0 Å². The van der Waals surface area contributed by atoms with Crippen LogP contribution < -0.4 is 5.32 Å². The summed E-state index contributed by atoms with van der Waals surface area (Å²) in [6, 6.07) is 1.42. The van der Waals surface area contributed by atoms with Crippen LogP contribution in [-0.4, -0.2) is 11.5 Å². The lowest BCUT2D eigenvalue weighted by molar-refractivity contribution is 0.481. The van der Waals surface area contributed by atoms with Crippen molar-refractivity contribution >= 4 is 5.69 Å². The Morgan fingerprint density at radius 2 is 2.23 bits per heavy atom. The van der Waals surface area contributed by atoms with Gasteiger partial charge in [0, 0.05) is 12.7 Å². The molecule has 0 aliphatic carbocycles. The largest absolute Gasteiger partial charge is 0.382 e. The Bertz CT molecular complexity index is 276. The van der Waals surface area contributed by atoms with E-state index in [1.165, 1.54) is 12.3 Å². The smallest absolute Gasteiger partial charge is 0.251 e. The van der Waals surface area contributed by atoms with Gasteiger partial charge in [-0.3, -0.25) is 0 Å². The molecule has 0 atom stereocenters. The number of aromatic nitrogens is 1. The molecule has 2 nitrogen and oxygen atoms in total. The van der Waals surface area contributed by atoms with Crippen LogP contribution in [0.5, 0.6) is 0 Å². The van der Waals surface area contributed by atoms with E-state index in [-0.39, 0.29) is 5.69 Å².